The van der Waals surface area contributed by atoms with E-state index in [-0.39, 0.29) is 12.6 Å². The second kappa shape index (κ2) is 5.84. The van der Waals surface area contributed by atoms with Crippen LogP contribution in [-0.4, -0.2) is 35.8 Å². The molecule has 1 fully saturated rings. The van der Waals surface area contributed by atoms with Crippen molar-refractivity contribution in [2.24, 2.45) is 5.11 Å². The number of hydrogen-bond donors (Lipinski definition) is 1. The Bertz CT molecular complexity index is 348. The smallest absolute Gasteiger partial charge is 0.164 e. The minimum Gasteiger partial charge on any atom is -0.386 e. The molecule has 0 saturated carbocycles. The molecule has 1 aliphatic rings. The molecule has 0 aromatic heterocycles. The zero-order valence-corrected chi connectivity index (χ0v) is 9.98. The quantitative estimate of drug-likeness (QED) is 0.344. The van der Waals surface area contributed by atoms with Crippen LogP contribution in [0.3, 0.4) is 0 Å². The highest BCUT2D eigenvalue weighted by Crippen LogP contribution is 2.30. The Morgan fingerprint density at radius 2 is 2.29 bits per heavy atom. The highest BCUT2D eigenvalue weighted by Gasteiger charge is 2.42. The van der Waals surface area contributed by atoms with Crippen LogP contribution in [0.2, 0.25) is 0 Å². The maximum Gasteiger partial charge on any atom is 0.164 e. The number of azide groups is 1. The van der Waals surface area contributed by atoms with Gasteiger partial charge in [-0.15, -0.1) is 6.58 Å². The molecule has 1 rings (SSSR count). The van der Waals surface area contributed by atoms with E-state index in [1.165, 1.54) is 6.08 Å². The zero-order valence-electron chi connectivity index (χ0n) is 9.98. The molecule has 3 atom stereocenters. The summed E-state index contributed by atoms with van der Waals surface area (Å²) < 4.78 is 11.2. The second-order valence-electron chi connectivity index (χ2n) is 4.13. The van der Waals surface area contributed by atoms with E-state index in [9.17, 15) is 5.11 Å². The zero-order chi connectivity index (χ0) is 12.9. The summed E-state index contributed by atoms with van der Waals surface area (Å²) in [5.74, 6) is -0.748. The maximum atomic E-state index is 9.72. The van der Waals surface area contributed by atoms with Crippen LogP contribution in [-0.2, 0) is 9.47 Å². The number of nitrogens with zero attached hydrogens (tertiary/aromatic N) is 3. The third-order valence-corrected chi connectivity index (χ3v) is 2.32. The lowest BCUT2D eigenvalue weighted by molar-refractivity contribution is -0.150. The molecule has 0 aromatic carbocycles. The van der Waals surface area contributed by atoms with Crippen molar-refractivity contribution >= 4 is 0 Å². The number of aliphatic hydroxyl groups is 1. The molecule has 0 unspecified atom stereocenters. The van der Waals surface area contributed by atoms with E-state index in [1.807, 2.05) is 0 Å². The number of hydrogen-bond acceptors (Lipinski definition) is 4. The first-order chi connectivity index (χ1) is 8.00. The van der Waals surface area contributed by atoms with Crippen LogP contribution < -0.4 is 0 Å². The summed E-state index contributed by atoms with van der Waals surface area (Å²) >= 11 is 0. The van der Waals surface area contributed by atoms with E-state index in [0.29, 0.717) is 0 Å². The van der Waals surface area contributed by atoms with E-state index < -0.39 is 18.0 Å². The molecule has 0 aromatic rings. The summed E-state index contributed by atoms with van der Waals surface area (Å²) in [5, 5.41) is 13.1. The first kappa shape index (κ1) is 13.7. The molecule has 94 valence electrons. The van der Waals surface area contributed by atoms with Gasteiger partial charge >= 0.3 is 0 Å². The third kappa shape index (κ3) is 3.87. The summed E-state index contributed by atoms with van der Waals surface area (Å²) in [6.45, 7) is 7.31. The SMILES string of the molecule is C=C[C@@H](O)[C@@H]1OC(C)(C)O[C@@H]1/C=C/CN=[N+]=[N-]. The Hall–Kier alpha value is -1.33. The van der Waals surface area contributed by atoms with Gasteiger partial charge in [-0.2, -0.15) is 0 Å². The van der Waals surface area contributed by atoms with Crippen LogP contribution in [0, 0.1) is 0 Å². The Morgan fingerprint density at radius 3 is 2.88 bits per heavy atom. The fraction of sp³-hybridized carbons (Fsp3) is 0.636. The summed E-state index contributed by atoms with van der Waals surface area (Å²) in [6, 6.07) is 0. The summed E-state index contributed by atoms with van der Waals surface area (Å²) in [5.41, 5.74) is 8.13. The molecule has 1 saturated heterocycles. The number of ether oxygens (including phenoxy) is 2. The van der Waals surface area contributed by atoms with E-state index >= 15 is 0 Å². The minimum atomic E-state index is -0.800. The monoisotopic (exact) mass is 239 g/mol. The molecular weight excluding hydrogens is 222 g/mol. The van der Waals surface area contributed by atoms with Crippen LogP contribution in [0.4, 0.5) is 0 Å². The van der Waals surface area contributed by atoms with Crippen molar-refractivity contribution in [3.8, 4) is 0 Å². The molecule has 1 N–H and O–H groups in total. The third-order valence-electron chi connectivity index (χ3n) is 2.32. The molecule has 17 heavy (non-hydrogen) atoms. The van der Waals surface area contributed by atoms with Crippen LogP contribution in [0.5, 0.6) is 0 Å². The molecule has 0 spiro atoms. The normalized spacial score (nSPS) is 28.9. The Balaban J connectivity index is 2.70. The standard InChI is InChI=1S/C11H17N3O3/c1-4-8(15)10-9(6-5-7-13-14-12)16-11(2,3)17-10/h4-6,8-10,15H,1,7H2,2-3H3/b6-5+/t8-,9-,10+/m1/s1. The number of rotatable bonds is 5. The van der Waals surface area contributed by atoms with Gasteiger partial charge < -0.3 is 14.6 Å². The predicted octanol–water partition coefficient (Wildman–Crippen LogP) is 1.92. The van der Waals surface area contributed by atoms with Gasteiger partial charge in [-0.05, 0) is 19.4 Å². The van der Waals surface area contributed by atoms with Gasteiger partial charge in [-0.1, -0.05) is 23.3 Å². The van der Waals surface area contributed by atoms with Crippen LogP contribution in [0.15, 0.2) is 29.9 Å². The average Bonchev–Trinajstić information content (AvgIpc) is 2.59. The first-order valence-corrected chi connectivity index (χ1v) is 5.34. The van der Waals surface area contributed by atoms with E-state index in [4.69, 9.17) is 15.0 Å². The molecule has 0 bridgehead atoms. The fourth-order valence-electron chi connectivity index (χ4n) is 1.64. The largest absolute Gasteiger partial charge is 0.386 e. The van der Waals surface area contributed by atoms with E-state index in [2.05, 4.69) is 16.6 Å². The van der Waals surface area contributed by atoms with Gasteiger partial charge in [0.25, 0.3) is 0 Å². The lowest BCUT2D eigenvalue weighted by atomic mass is 10.1. The van der Waals surface area contributed by atoms with Gasteiger partial charge in [0.1, 0.15) is 18.3 Å². The molecule has 0 radical (unpaired) electrons. The predicted molar refractivity (Wildman–Crippen MR) is 63.2 cm³/mol. The molecule has 1 heterocycles. The maximum absolute atomic E-state index is 9.72. The van der Waals surface area contributed by atoms with E-state index in [1.54, 1.807) is 26.0 Å². The van der Waals surface area contributed by atoms with Gasteiger partial charge in [0.05, 0.1) is 0 Å². The average molecular weight is 239 g/mol. The van der Waals surface area contributed by atoms with E-state index in [0.717, 1.165) is 0 Å². The van der Waals surface area contributed by atoms with Gasteiger partial charge in [0.2, 0.25) is 0 Å². The minimum absolute atomic E-state index is 0.244. The summed E-state index contributed by atoms with van der Waals surface area (Å²) in [6.07, 6.45) is 3.13. The van der Waals surface area contributed by atoms with Crippen molar-refractivity contribution < 1.29 is 14.6 Å². The summed E-state index contributed by atoms with van der Waals surface area (Å²) in [4.78, 5) is 2.63. The van der Waals surface area contributed by atoms with Gasteiger partial charge in [-0.3, -0.25) is 0 Å². The van der Waals surface area contributed by atoms with Crippen molar-refractivity contribution in [3.05, 3.63) is 35.2 Å². The van der Waals surface area contributed by atoms with Crippen molar-refractivity contribution in [3.63, 3.8) is 0 Å². The lowest BCUT2D eigenvalue weighted by Gasteiger charge is -2.18. The Morgan fingerprint density at radius 1 is 1.59 bits per heavy atom. The Labute approximate surface area is 100 Å². The molecule has 0 aliphatic carbocycles. The highest BCUT2D eigenvalue weighted by atomic mass is 16.8. The second-order valence-corrected chi connectivity index (χ2v) is 4.13. The van der Waals surface area contributed by atoms with Gasteiger partial charge in [0, 0.05) is 11.5 Å². The van der Waals surface area contributed by atoms with Crippen molar-refractivity contribution in [2.45, 2.75) is 37.9 Å². The molecule has 6 nitrogen and oxygen atoms in total. The van der Waals surface area contributed by atoms with Crippen LogP contribution in [0.25, 0.3) is 10.4 Å². The van der Waals surface area contributed by atoms with Crippen LogP contribution >= 0.6 is 0 Å². The highest BCUT2D eigenvalue weighted by molar-refractivity contribution is 5.04. The molecule has 6 heteroatoms. The lowest BCUT2D eigenvalue weighted by Crippen LogP contribution is -2.33. The van der Waals surface area contributed by atoms with Crippen molar-refractivity contribution in [1.29, 1.82) is 0 Å². The van der Waals surface area contributed by atoms with Crippen molar-refractivity contribution in [1.82, 2.24) is 0 Å². The van der Waals surface area contributed by atoms with Gasteiger partial charge in [-0.25, -0.2) is 0 Å². The number of aliphatic hydroxyl groups excluding tert-OH is 1. The topological polar surface area (TPSA) is 87.5 Å². The molecular formula is C11H17N3O3. The first-order valence-electron chi connectivity index (χ1n) is 5.34. The van der Waals surface area contributed by atoms with Crippen molar-refractivity contribution in [2.75, 3.05) is 6.54 Å². The molecule has 1 aliphatic heterocycles. The molecule has 0 amide bonds. The summed E-state index contributed by atoms with van der Waals surface area (Å²) in [7, 11) is 0. The van der Waals surface area contributed by atoms with Crippen LogP contribution in [0.1, 0.15) is 13.8 Å². The van der Waals surface area contributed by atoms with Gasteiger partial charge in [0.15, 0.2) is 5.79 Å². The Kier molecular flexibility index (Phi) is 4.72. The fourth-order valence-corrected chi connectivity index (χ4v) is 1.64.